The minimum Gasteiger partial charge on any atom is -0.394 e. The zero-order valence-corrected chi connectivity index (χ0v) is 9.22. The highest BCUT2D eigenvalue weighted by molar-refractivity contribution is 5.57. The van der Waals surface area contributed by atoms with Crippen LogP contribution in [0.4, 0.5) is 4.39 Å². The second-order valence-electron chi connectivity index (χ2n) is 3.71. The number of aliphatic hydroxyl groups is 1. The van der Waals surface area contributed by atoms with Crippen LogP contribution in [0.1, 0.15) is 17.4 Å². The number of benzene rings is 1. The molecule has 0 fully saturated rings. The number of rotatable bonds is 3. The summed E-state index contributed by atoms with van der Waals surface area (Å²) in [4.78, 5) is 4.06. The molecule has 0 radical (unpaired) electrons. The Kier molecular flexibility index (Phi) is 3.16. The van der Waals surface area contributed by atoms with Crippen molar-refractivity contribution in [3.05, 3.63) is 35.4 Å². The van der Waals surface area contributed by atoms with Gasteiger partial charge in [-0.15, -0.1) is 0 Å². The Bertz CT molecular complexity index is 527. The molecule has 17 heavy (non-hydrogen) atoms. The third kappa shape index (κ3) is 2.32. The van der Waals surface area contributed by atoms with Gasteiger partial charge in [-0.25, -0.2) is 4.39 Å². The lowest BCUT2D eigenvalue weighted by Gasteiger charge is -2.00. The molecule has 1 aromatic carbocycles. The van der Waals surface area contributed by atoms with E-state index in [2.05, 4.69) is 10.1 Å². The summed E-state index contributed by atoms with van der Waals surface area (Å²) < 4.78 is 18.0. The number of aliphatic hydroxyl groups excluding tert-OH is 1. The molecular weight excluding hydrogens is 225 g/mol. The zero-order valence-electron chi connectivity index (χ0n) is 9.22. The quantitative estimate of drug-likeness (QED) is 0.837. The topological polar surface area (TPSA) is 85.2 Å². The van der Waals surface area contributed by atoms with Gasteiger partial charge in [-0.05, 0) is 30.7 Å². The molecule has 1 heterocycles. The summed E-state index contributed by atoms with van der Waals surface area (Å²) in [6.45, 7) is 1.48. The summed E-state index contributed by atoms with van der Waals surface area (Å²) in [5, 5.41) is 12.5. The van der Waals surface area contributed by atoms with Crippen molar-refractivity contribution >= 4 is 0 Å². The lowest BCUT2D eigenvalue weighted by atomic mass is 10.1. The van der Waals surface area contributed by atoms with E-state index in [0.29, 0.717) is 11.1 Å². The minimum atomic E-state index is -0.673. The number of nitrogens with two attached hydrogens (primary N) is 1. The average Bonchev–Trinajstić information content (AvgIpc) is 2.77. The van der Waals surface area contributed by atoms with Crippen LogP contribution in [0.25, 0.3) is 11.5 Å². The highest BCUT2D eigenvalue weighted by atomic mass is 19.1. The number of aromatic nitrogens is 2. The van der Waals surface area contributed by atoms with Crippen molar-refractivity contribution in [2.24, 2.45) is 5.73 Å². The molecule has 1 atom stereocenters. The highest BCUT2D eigenvalue weighted by Gasteiger charge is 2.15. The number of hydrogen-bond acceptors (Lipinski definition) is 5. The van der Waals surface area contributed by atoms with Gasteiger partial charge in [0, 0.05) is 5.56 Å². The van der Waals surface area contributed by atoms with Gasteiger partial charge in [-0.3, -0.25) is 0 Å². The third-order valence-corrected chi connectivity index (χ3v) is 2.39. The van der Waals surface area contributed by atoms with Crippen LogP contribution >= 0.6 is 0 Å². The van der Waals surface area contributed by atoms with Gasteiger partial charge in [0.2, 0.25) is 0 Å². The number of hydrogen-bond donors (Lipinski definition) is 2. The average molecular weight is 237 g/mol. The monoisotopic (exact) mass is 237 g/mol. The van der Waals surface area contributed by atoms with E-state index in [9.17, 15) is 4.39 Å². The first-order chi connectivity index (χ1) is 8.11. The highest BCUT2D eigenvalue weighted by Crippen LogP contribution is 2.23. The Morgan fingerprint density at radius 3 is 2.94 bits per heavy atom. The second kappa shape index (κ2) is 4.60. The van der Waals surface area contributed by atoms with Crippen LogP contribution in [0.3, 0.4) is 0 Å². The molecule has 0 aliphatic heterocycles. The SMILES string of the molecule is Cc1cc(F)ccc1-c1nc(C(N)CO)no1. The van der Waals surface area contributed by atoms with Crippen LogP contribution in [0, 0.1) is 12.7 Å². The smallest absolute Gasteiger partial charge is 0.258 e. The van der Waals surface area contributed by atoms with E-state index in [1.807, 2.05) is 0 Å². The molecule has 0 aliphatic carbocycles. The number of halogens is 1. The van der Waals surface area contributed by atoms with Crippen molar-refractivity contribution in [1.82, 2.24) is 10.1 Å². The molecule has 1 unspecified atom stereocenters. The summed E-state index contributed by atoms with van der Waals surface area (Å²) >= 11 is 0. The summed E-state index contributed by atoms with van der Waals surface area (Å²) in [5.41, 5.74) is 6.89. The fourth-order valence-corrected chi connectivity index (χ4v) is 1.44. The lowest BCUT2D eigenvalue weighted by molar-refractivity contribution is 0.260. The predicted molar refractivity (Wildman–Crippen MR) is 58.4 cm³/mol. The van der Waals surface area contributed by atoms with Crippen LogP contribution in [0.2, 0.25) is 0 Å². The Morgan fingerprint density at radius 2 is 2.29 bits per heavy atom. The molecule has 90 valence electrons. The first kappa shape index (κ1) is 11.7. The van der Waals surface area contributed by atoms with Gasteiger partial charge in [-0.2, -0.15) is 4.98 Å². The molecule has 6 heteroatoms. The van der Waals surface area contributed by atoms with Gasteiger partial charge in [-0.1, -0.05) is 5.16 Å². The molecule has 0 amide bonds. The van der Waals surface area contributed by atoms with Crippen LogP contribution in [-0.4, -0.2) is 21.9 Å². The maximum atomic E-state index is 12.9. The molecule has 0 saturated heterocycles. The fourth-order valence-electron chi connectivity index (χ4n) is 1.44. The van der Waals surface area contributed by atoms with E-state index in [1.54, 1.807) is 13.0 Å². The van der Waals surface area contributed by atoms with E-state index in [-0.39, 0.29) is 24.1 Å². The molecule has 0 aliphatic rings. The standard InChI is InChI=1S/C11H12FN3O2/c1-6-4-7(12)2-3-8(6)11-14-10(15-17-11)9(13)5-16/h2-4,9,16H,5,13H2,1H3. The van der Waals surface area contributed by atoms with Crippen molar-refractivity contribution in [1.29, 1.82) is 0 Å². The van der Waals surface area contributed by atoms with E-state index in [1.165, 1.54) is 12.1 Å². The third-order valence-electron chi connectivity index (χ3n) is 2.39. The van der Waals surface area contributed by atoms with Crippen molar-refractivity contribution in [2.45, 2.75) is 13.0 Å². The zero-order chi connectivity index (χ0) is 12.4. The Balaban J connectivity index is 2.37. The van der Waals surface area contributed by atoms with Gasteiger partial charge in [0.15, 0.2) is 5.82 Å². The first-order valence-electron chi connectivity index (χ1n) is 5.08. The molecule has 0 saturated carbocycles. The van der Waals surface area contributed by atoms with Crippen LogP contribution < -0.4 is 5.73 Å². The maximum absolute atomic E-state index is 12.9. The Morgan fingerprint density at radius 1 is 1.53 bits per heavy atom. The summed E-state index contributed by atoms with van der Waals surface area (Å²) in [5.74, 6) is 0.172. The second-order valence-corrected chi connectivity index (χ2v) is 3.71. The molecule has 1 aromatic heterocycles. The largest absolute Gasteiger partial charge is 0.394 e. The summed E-state index contributed by atoms with van der Waals surface area (Å²) in [7, 11) is 0. The van der Waals surface area contributed by atoms with Crippen LogP contribution in [-0.2, 0) is 0 Å². The van der Waals surface area contributed by atoms with Gasteiger partial charge in [0.25, 0.3) is 5.89 Å². The molecular formula is C11H12FN3O2. The molecule has 3 N–H and O–H groups in total. The van der Waals surface area contributed by atoms with E-state index in [4.69, 9.17) is 15.4 Å². The van der Waals surface area contributed by atoms with E-state index in [0.717, 1.165) is 0 Å². The Labute approximate surface area is 97.1 Å². The lowest BCUT2D eigenvalue weighted by Crippen LogP contribution is -2.15. The van der Waals surface area contributed by atoms with Gasteiger partial charge < -0.3 is 15.4 Å². The number of aryl methyl sites for hydroxylation is 1. The molecule has 2 aromatic rings. The fraction of sp³-hybridized carbons (Fsp3) is 0.273. The maximum Gasteiger partial charge on any atom is 0.258 e. The van der Waals surface area contributed by atoms with E-state index < -0.39 is 6.04 Å². The van der Waals surface area contributed by atoms with E-state index >= 15 is 0 Å². The minimum absolute atomic E-state index is 0.228. The van der Waals surface area contributed by atoms with Crippen molar-refractivity contribution < 1.29 is 14.0 Å². The number of nitrogens with zero attached hydrogens (tertiary/aromatic N) is 2. The normalized spacial score (nSPS) is 12.7. The van der Waals surface area contributed by atoms with Crippen molar-refractivity contribution in [3.8, 4) is 11.5 Å². The van der Waals surface area contributed by atoms with Crippen LogP contribution in [0.5, 0.6) is 0 Å². The van der Waals surface area contributed by atoms with Gasteiger partial charge in [0.05, 0.1) is 12.6 Å². The van der Waals surface area contributed by atoms with Crippen molar-refractivity contribution in [2.75, 3.05) is 6.61 Å². The summed E-state index contributed by atoms with van der Waals surface area (Å²) in [6, 6.07) is 3.59. The van der Waals surface area contributed by atoms with Crippen LogP contribution in [0.15, 0.2) is 22.7 Å². The Hall–Kier alpha value is -1.79. The van der Waals surface area contributed by atoms with Crippen molar-refractivity contribution in [3.63, 3.8) is 0 Å². The van der Waals surface area contributed by atoms with Gasteiger partial charge >= 0.3 is 0 Å². The molecule has 0 bridgehead atoms. The molecule has 0 spiro atoms. The van der Waals surface area contributed by atoms with Gasteiger partial charge in [0.1, 0.15) is 5.82 Å². The predicted octanol–water partition coefficient (Wildman–Crippen LogP) is 1.18. The molecule has 5 nitrogen and oxygen atoms in total. The first-order valence-corrected chi connectivity index (χ1v) is 5.08. The molecule has 2 rings (SSSR count). The summed E-state index contributed by atoms with van der Waals surface area (Å²) in [6.07, 6.45) is 0.